The first-order chi connectivity index (χ1) is 9.61. The molecule has 1 saturated carbocycles. The Labute approximate surface area is 118 Å². The molecular weight excluding hydrogens is 252 g/mol. The van der Waals surface area contributed by atoms with Gasteiger partial charge in [-0.3, -0.25) is 4.79 Å². The van der Waals surface area contributed by atoms with Crippen LogP contribution in [0.4, 0.5) is 5.69 Å². The molecule has 20 heavy (non-hydrogen) atoms. The van der Waals surface area contributed by atoms with Crippen LogP contribution in [-0.2, 0) is 0 Å². The molecule has 1 amide bonds. The number of anilines is 1. The summed E-state index contributed by atoms with van der Waals surface area (Å²) in [5.41, 5.74) is 7.10. The second kappa shape index (κ2) is 5.19. The molecule has 0 atom stereocenters. The van der Waals surface area contributed by atoms with Crippen molar-refractivity contribution >= 4 is 22.6 Å². The van der Waals surface area contributed by atoms with Crippen molar-refractivity contribution in [1.82, 2.24) is 5.32 Å². The van der Waals surface area contributed by atoms with Crippen molar-refractivity contribution in [3.05, 3.63) is 30.0 Å². The van der Waals surface area contributed by atoms with Gasteiger partial charge in [-0.1, -0.05) is 6.92 Å². The Morgan fingerprint density at radius 1 is 1.25 bits per heavy atom. The molecule has 0 radical (unpaired) electrons. The Morgan fingerprint density at radius 2 is 2.00 bits per heavy atom. The minimum Gasteiger partial charge on any atom is -0.451 e. The van der Waals surface area contributed by atoms with E-state index in [0.29, 0.717) is 17.0 Å². The van der Waals surface area contributed by atoms with Gasteiger partial charge in [0.25, 0.3) is 5.91 Å². The monoisotopic (exact) mass is 272 g/mol. The predicted octanol–water partition coefficient (Wildman–Crippen LogP) is 3.32. The standard InChI is InChI=1S/C16H20N2O2/c1-10-2-5-13(6-3-10)18-16(19)15-9-11-8-12(17)4-7-14(11)20-15/h4,7-10,13H,2-3,5-6,17H2,1H3,(H,18,19). The molecule has 0 aliphatic heterocycles. The van der Waals surface area contributed by atoms with E-state index in [1.165, 1.54) is 12.8 Å². The number of benzene rings is 1. The Kier molecular flexibility index (Phi) is 3.38. The molecule has 4 heteroatoms. The van der Waals surface area contributed by atoms with Crippen molar-refractivity contribution in [3.8, 4) is 0 Å². The summed E-state index contributed by atoms with van der Waals surface area (Å²) in [6.07, 6.45) is 4.48. The van der Waals surface area contributed by atoms with Crippen LogP contribution in [0.5, 0.6) is 0 Å². The third-order valence-electron chi connectivity index (χ3n) is 4.12. The van der Waals surface area contributed by atoms with Crippen molar-refractivity contribution < 1.29 is 9.21 Å². The van der Waals surface area contributed by atoms with Crippen LogP contribution in [0, 0.1) is 5.92 Å². The molecule has 2 aromatic rings. The molecule has 0 bridgehead atoms. The van der Waals surface area contributed by atoms with Crippen LogP contribution < -0.4 is 11.1 Å². The van der Waals surface area contributed by atoms with Crippen LogP contribution in [-0.4, -0.2) is 11.9 Å². The van der Waals surface area contributed by atoms with Gasteiger partial charge in [-0.2, -0.15) is 0 Å². The number of nitrogens with one attached hydrogen (secondary N) is 1. The smallest absolute Gasteiger partial charge is 0.287 e. The van der Waals surface area contributed by atoms with E-state index in [2.05, 4.69) is 12.2 Å². The maximum atomic E-state index is 12.2. The lowest BCUT2D eigenvalue weighted by Crippen LogP contribution is -2.37. The van der Waals surface area contributed by atoms with Gasteiger partial charge in [0.1, 0.15) is 5.58 Å². The van der Waals surface area contributed by atoms with Crippen molar-refractivity contribution in [2.45, 2.75) is 38.6 Å². The van der Waals surface area contributed by atoms with Crippen molar-refractivity contribution in [2.75, 3.05) is 5.73 Å². The lowest BCUT2D eigenvalue weighted by Gasteiger charge is -2.26. The van der Waals surface area contributed by atoms with Crippen LogP contribution >= 0.6 is 0 Å². The summed E-state index contributed by atoms with van der Waals surface area (Å²) in [5, 5.41) is 3.94. The third kappa shape index (κ3) is 2.64. The summed E-state index contributed by atoms with van der Waals surface area (Å²) in [4.78, 5) is 12.2. The molecule has 106 valence electrons. The van der Waals surface area contributed by atoms with E-state index >= 15 is 0 Å². The average Bonchev–Trinajstić information content (AvgIpc) is 2.84. The number of furan rings is 1. The van der Waals surface area contributed by atoms with Gasteiger partial charge in [0.2, 0.25) is 0 Å². The lowest BCUT2D eigenvalue weighted by atomic mass is 9.87. The van der Waals surface area contributed by atoms with Crippen LogP contribution in [0.15, 0.2) is 28.7 Å². The molecule has 1 aliphatic rings. The quantitative estimate of drug-likeness (QED) is 0.824. The normalized spacial score (nSPS) is 22.9. The van der Waals surface area contributed by atoms with Gasteiger partial charge in [0.05, 0.1) is 0 Å². The average molecular weight is 272 g/mol. The number of fused-ring (bicyclic) bond motifs is 1. The summed E-state index contributed by atoms with van der Waals surface area (Å²) in [6, 6.07) is 7.42. The Bertz CT molecular complexity index is 624. The highest BCUT2D eigenvalue weighted by Crippen LogP contribution is 2.25. The Balaban J connectivity index is 1.72. The van der Waals surface area contributed by atoms with Gasteiger partial charge in [0, 0.05) is 17.1 Å². The summed E-state index contributed by atoms with van der Waals surface area (Å²) >= 11 is 0. The van der Waals surface area contributed by atoms with Crippen molar-refractivity contribution in [1.29, 1.82) is 0 Å². The number of carbonyl (C=O) groups is 1. The lowest BCUT2D eigenvalue weighted by molar-refractivity contribution is 0.0897. The topological polar surface area (TPSA) is 68.3 Å². The summed E-state index contributed by atoms with van der Waals surface area (Å²) in [6.45, 7) is 2.27. The van der Waals surface area contributed by atoms with Gasteiger partial charge >= 0.3 is 0 Å². The zero-order chi connectivity index (χ0) is 14.1. The molecule has 4 nitrogen and oxygen atoms in total. The fourth-order valence-corrected chi connectivity index (χ4v) is 2.83. The largest absolute Gasteiger partial charge is 0.451 e. The van der Waals surface area contributed by atoms with Crippen LogP contribution in [0.25, 0.3) is 11.0 Å². The molecule has 1 aliphatic carbocycles. The van der Waals surface area contributed by atoms with E-state index in [9.17, 15) is 4.79 Å². The first kappa shape index (κ1) is 13.0. The van der Waals surface area contributed by atoms with Crippen LogP contribution in [0.1, 0.15) is 43.2 Å². The van der Waals surface area contributed by atoms with Gasteiger partial charge in [-0.25, -0.2) is 0 Å². The molecule has 3 rings (SSSR count). The van der Waals surface area contributed by atoms with E-state index in [0.717, 1.165) is 24.1 Å². The van der Waals surface area contributed by atoms with E-state index in [1.807, 2.05) is 6.07 Å². The number of hydrogen-bond donors (Lipinski definition) is 2. The van der Waals surface area contributed by atoms with E-state index in [4.69, 9.17) is 10.2 Å². The first-order valence-corrected chi connectivity index (χ1v) is 7.22. The maximum absolute atomic E-state index is 12.2. The fourth-order valence-electron chi connectivity index (χ4n) is 2.83. The number of amides is 1. The van der Waals surface area contributed by atoms with Gasteiger partial charge in [0.15, 0.2) is 5.76 Å². The van der Waals surface area contributed by atoms with Crippen molar-refractivity contribution in [3.63, 3.8) is 0 Å². The molecule has 1 fully saturated rings. The molecule has 0 unspecified atom stereocenters. The van der Waals surface area contributed by atoms with Gasteiger partial charge in [-0.05, 0) is 55.9 Å². The highest BCUT2D eigenvalue weighted by Gasteiger charge is 2.21. The molecule has 1 heterocycles. The van der Waals surface area contributed by atoms with E-state index in [1.54, 1.807) is 18.2 Å². The molecule has 0 spiro atoms. The predicted molar refractivity (Wildman–Crippen MR) is 79.5 cm³/mol. The number of hydrogen-bond acceptors (Lipinski definition) is 3. The van der Waals surface area contributed by atoms with Gasteiger partial charge in [-0.15, -0.1) is 0 Å². The van der Waals surface area contributed by atoms with E-state index in [-0.39, 0.29) is 11.9 Å². The highest BCUT2D eigenvalue weighted by molar-refractivity contribution is 5.96. The first-order valence-electron chi connectivity index (χ1n) is 7.22. The van der Waals surface area contributed by atoms with Crippen molar-refractivity contribution in [2.24, 2.45) is 5.92 Å². The number of carbonyl (C=O) groups excluding carboxylic acids is 1. The summed E-state index contributed by atoms with van der Waals surface area (Å²) in [7, 11) is 0. The second-order valence-corrected chi connectivity index (χ2v) is 5.84. The van der Waals surface area contributed by atoms with Crippen LogP contribution in [0.3, 0.4) is 0 Å². The zero-order valence-electron chi connectivity index (χ0n) is 11.7. The SMILES string of the molecule is CC1CCC(NC(=O)c2cc3cc(N)ccc3o2)CC1. The molecule has 1 aromatic carbocycles. The zero-order valence-corrected chi connectivity index (χ0v) is 11.7. The summed E-state index contributed by atoms with van der Waals surface area (Å²) in [5.74, 6) is 1.01. The molecule has 0 saturated heterocycles. The number of rotatable bonds is 2. The highest BCUT2D eigenvalue weighted by atomic mass is 16.3. The number of nitrogen functional groups attached to an aromatic ring is 1. The Morgan fingerprint density at radius 3 is 2.75 bits per heavy atom. The second-order valence-electron chi connectivity index (χ2n) is 5.84. The molecule has 1 aromatic heterocycles. The molecule has 3 N–H and O–H groups in total. The third-order valence-corrected chi connectivity index (χ3v) is 4.12. The fraction of sp³-hybridized carbons (Fsp3) is 0.438. The maximum Gasteiger partial charge on any atom is 0.287 e. The number of nitrogens with two attached hydrogens (primary N) is 1. The van der Waals surface area contributed by atoms with E-state index < -0.39 is 0 Å². The minimum atomic E-state index is -0.126. The summed E-state index contributed by atoms with van der Waals surface area (Å²) < 4.78 is 5.58. The van der Waals surface area contributed by atoms with Crippen LogP contribution in [0.2, 0.25) is 0 Å². The minimum absolute atomic E-state index is 0.126. The molecular formula is C16H20N2O2. The van der Waals surface area contributed by atoms with Gasteiger partial charge < -0.3 is 15.5 Å². The Hall–Kier alpha value is -1.97.